The van der Waals surface area contributed by atoms with Crippen molar-refractivity contribution in [1.29, 1.82) is 0 Å². The molecular weight excluding hydrogens is 306 g/mol. The fourth-order valence-electron chi connectivity index (χ4n) is 3.46. The van der Waals surface area contributed by atoms with E-state index in [2.05, 4.69) is 15.2 Å². The van der Waals surface area contributed by atoms with Crippen molar-refractivity contribution in [1.82, 2.24) is 10.1 Å². The van der Waals surface area contributed by atoms with Crippen molar-refractivity contribution in [2.24, 2.45) is 5.16 Å². The highest BCUT2D eigenvalue weighted by atomic mass is 16.7. The lowest BCUT2D eigenvalue weighted by atomic mass is 9.93. The molecule has 0 radical (unpaired) electrons. The molecule has 4 rings (SSSR count). The summed E-state index contributed by atoms with van der Waals surface area (Å²) < 4.78 is 10.4. The third-order valence-corrected chi connectivity index (χ3v) is 4.72. The summed E-state index contributed by atoms with van der Waals surface area (Å²) in [6, 6.07) is 9.96. The number of hydrogen-bond acceptors (Lipinski definition) is 6. The van der Waals surface area contributed by atoms with Gasteiger partial charge >= 0.3 is 0 Å². The van der Waals surface area contributed by atoms with E-state index in [0.29, 0.717) is 0 Å². The maximum atomic E-state index is 5.87. The lowest BCUT2D eigenvalue weighted by Gasteiger charge is -2.21. The SMILES string of the molecule is COc1ccc(C2=NOC3(CCN(Cc4cc(C)on4)C3)C2)cc1. The molecule has 6 nitrogen and oxygen atoms in total. The Hall–Kier alpha value is -2.34. The van der Waals surface area contributed by atoms with E-state index in [1.165, 1.54) is 0 Å². The Balaban J connectivity index is 1.39. The zero-order valence-electron chi connectivity index (χ0n) is 14.0. The molecule has 1 saturated heterocycles. The highest BCUT2D eigenvalue weighted by molar-refractivity contribution is 6.01. The number of methoxy groups -OCH3 is 1. The van der Waals surface area contributed by atoms with Crippen LogP contribution in [0.2, 0.25) is 0 Å². The number of rotatable bonds is 4. The number of hydrogen-bond donors (Lipinski definition) is 0. The zero-order chi connectivity index (χ0) is 16.6. The van der Waals surface area contributed by atoms with Crippen molar-refractivity contribution in [3.8, 4) is 5.75 Å². The number of nitrogens with zero attached hydrogens (tertiary/aromatic N) is 3. The molecule has 1 atom stereocenters. The summed E-state index contributed by atoms with van der Waals surface area (Å²) in [5.41, 5.74) is 2.88. The summed E-state index contributed by atoms with van der Waals surface area (Å²) >= 11 is 0. The first-order chi connectivity index (χ1) is 11.7. The van der Waals surface area contributed by atoms with Gasteiger partial charge in [-0.1, -0.05) is 10.3 Å². The van der Waals surface area contributed by atoms with Crippen LogP contribution < -0.4 is 4.74 Å². The van der Waals surface area contributed by atoms with Gasteiger partial charge in [0.05, 0.1) is 18.5 Å². The Morgan fingerprint density at radius 2 is 2.12 bits per heavy atom. The number of likely N-dealkylation sites (tertiary alicyclic amines) is 1. The highest BCUT2D eigenvalue weighted by Crippen LogP contribution is 2.36. The molecule has 2 aliphatic heterocycles. The summed E-state index contributed by atoms with van der Waals surface area (Å²) in [6.45, 7) is 4.55. The van der Waals surface area contributed by atoms with Gasteiger partial charge in [0.1, 0.15) is 11.5 Å². The number of aryl methyl sites for hydroxylation is 1. The lowest BCUT2D eigenvalue weighted by molar-refractivity contribution is -0.0106. The number of ether oxygens (including phenoxy) is 1. The van der Waals surface area contributed by atoms with Gasteiger partial charge in [-0.15, -0.1) is 0 Å². The van der Waals surface area contributed by atoms with Gasteiger partial charge in [0.25, 0.3) is 0 Å². The van der Waals surface area contributed by atoms with E-state index in [1.54, 1.807) is 7.11 Å². The molecule has 0 bridgehead atoms. The van der Waals surface area contributed by atoms with Gasteiger partial charge in [0, 0.05) is 38.5 Å². The second-order valence-electron chi connectivity index (χ2n) is 6.61. The zero-order valence-corrected chi connectivity index (χ0v) is 14.0. The van der Waals surface area contributed by atoms with Gasteiger partial charge < -0.3 is 14.1 Å². The fraction of sp³-hybridized carbons (Fsp3) is 0.444. The van der Waals surface area contributed by atoms with E-state index in [4.69, 9.17) is 14.1 Å². The maximum Gasteiger partial charge on any atom is 0.157 e. The standard InChI is InChI=1S/C18H21N3O3/c1-13-9-15(19-23-13)11-21-8-7-18(12-21)10-17(20-24-18)14-3-5-16(22-2)6-4-14/h3-6,9H,7-8,10-12H2,1-2H3. The van der Waals surface area contributed by atoms with E-state index in [9.17, 15) is 0 Å². The van der Waals surface area contributed by atoms with Crippen LogP contribution in [0.5, 0.6) is 5.75 Å². The molecule has 1 spiro atoms. The molecule has 0 N–H and O–H groups in total. The van der Waals surface area contributed by atoms with Crippen molar-refractivity contribution in [3.63, 3.8) is 0 Å². The van der Waals surface area contributed by atoms with Crippen LogP contribution in [0.4, 0.5) is 0 Å². The summed E-state index contributed by atoms with van der Waals surface area (Å²) in [5.74, 6) is 1.70. The first kappa shape index (κ1) is 15.2. The smallest absolute Gasteiger partial charge is 0.157 e. The molecule has 1 aromatic carbocycles. The third kappa shape index (κ3) is 2.89. The molecule has 0 saturated carbocycles. The minimum Gasteiger partial charge on any atom is -0.497 e. The van der Waals surface area contributed by atoms with Crippen LogP contribution in [-0.4, -0.2) is 41.6 Å². The van der Waals surface area contributed by atoms with Crippen LogP contribution in [0.25, 0.3) is 0 Å². The molecule has 0 aliphatic carbocycles. The van der Waals surface area contributed by atoms with E-state index in [1.807, 2.05) is 37.3 Å². The van der Waals surface area contributed by atoms with Crippen LogP contribution in [0.1, 0.15) is 29.9 Å². The van der Waals surface area contributed by atoms with Crippen molar-refractivity contribution < 1.29 is 14.1 Å². The number of benzene rings is 1. The predicted octanol–water partition coefficient (Wildman–Crippen LogP) is 2.76. The predicted molar refractivity (Wildman–Crippen MR) is 89.1 cm³/mol. The molecule has 1 aromatic heterocycles. The minimum absolute atomic E-state index is 0.200. The maximum absolute atomic E-state index is 5.87. The monoisotopic (exact) mass is 327 g/mol. The average molecular weight is 327 g/mol. The summed E-state index contributed by atoms with van der Waals surface area (Å²) in [4.78, 5) is 8.22. The first-order valence-corrected chi connectivity index (χ1v) is 8.20. The van der Waals surface area contributed by atoms with Crippen LogP contribution in [0, 0.1) is 6.92 Å². The Morgan fingerprint density at radius 3 is 2.83 bits per heavy atom. The number of aromatic nitrogens is 1. The molecular formula is C18H21N3O3. The van der Waals surface area contributed by atoms with Crippen LogP contribution in [-0.2, 0) is 11.4 Å². The molecule has 1 unspecified atom stereocenters. The van der Waals surface area contributed by atoms with Gasteiger partial charge in [0.2, 0.25) is 0 Å². The van der Waals surface area contributed by atoms with Crippen molar-refractivity contribution >= 4 is 5.71 Å². The van der Waals surface area contributed by atoms with E-state index < -0.39 is 0 Å². The summed E-state index contributed by atoms with van der Waals surface area (Å²) in [6.07, 6.45) is 1.82. The quantitative estimate of drug-likeness (QED) is 0.864. The largest absolute Gasteiger partial charge is 0.497 e. The minimum atomic E-state index is -0.200. The molecule has 2 aromatic rings. The molecule has 6 heteroatoms. The van der Waals surface area contributed by atoms with Crippen molar-refractivity contribution in [3.05, 3.63) is 47.3 Å². The Kier molecular flexibility index (Phi) is 3.76. The van der Waals surface area contributed by atoms with Gasteiger partial charge in [0.15, 0.2) is 5.60 Å². The molecule has 126 valence electrons. The Morgan fingerprint density at radius 1 is 1.29 bits per heavy atom. The van der Waals surface area contributed by atoms with Crippen LogP contribution in [0.15, 0.2) is 40.0 Å². The third-order valence-electron chi connectivity index (χ3n) is 4.72. The average Bonchev–Trinajstić information content (AvgIpc) is 3.30. The van der Waals surface area contributed by atoms with Crippen molar-refractivity contribution in [2.45, 2.75) is 31.9 Å². The van der Waals surface area contributed by atoms with Gasteiger partial charge in [-0.3, -0.25) is 4.90 Å². The Bertz CT molecular complexity index is 753. The first-order valence-electron chi connectivity index (χ1n) is 8.20. The molecule has 24 heavy (non-hydrogen) atoms. The molecule has 2 aliphatic rings. The number of oxime groups is 1. The van der Waals surface area contributed by atoms with Crippen LogP contribution >= 0.6 is 0 Å². The van der Waals surface area contributed by atoms with E-state index in [0.717, 1.165) is 61.0 Å². The van der Waals surface area contributed by atoms with Crippen molar-refractivity contribution in [2.75, 3.05) is 20.2 Å². The Labute approximate surface area is 141 Å². The second kappa shape index (κ2) is 5.94. The van der Waals surface area contributed by atoms with E-state index >= 15 is 0 Å². The second-order valence-corrected chi connectivity index (χ2v) is 6.61. The van der Waals surface area contributed by atoms with Crippen LogP contribution in [0.3, 0.4) is 0 Å². The fourth-order valence-corrected chi connectivity index (χ4v) is 3.46. The normalized spacial score (nSPS) is 23.5. The topological polar surface area (TPSA) is 60.1 Å². The lowest BCUT2D eigenvalue weighted by Crippen LogP contribution is -2.33. The molecule has 3 heterocycles. The van der Waals surface area contributed by atoms with Gasteiger partial charge in [-0.2, -0.15) is 0 Å². The van der Waals surface area contributed by atoms with E-state index in [-0.39, 0.29) is 5.60 Å². The summed E-state index contributed by atoms with van der Waals surface area (Å²) in [7, 11) is 1.67. The van der Waals surface area contributed by atoms with Gasteiger partial charge in [-0.25, -0.2) is 0 Å². The summed E-state index contributed by atoms with van der Waals surface area (Å²) in [5, 5.41) is 8.43. The highest BCUT2D eigenvalue weighted by Gasteiger charge is 2.45. The molecule has 0 amide bonds. The van der Waals surface area contributed by atoms with Gasteiger partial charge in [-0.05, 0) is 36.8 Å². The molecule has 1 fully saturated rings.